The summed E-state index contributed by atoms with van der Waals surface area (Å²) in [6.07, 6.45) is 7.30. The lowest BCUT2D eigenvalue weighted by Gasteiger charge is -2.06. The van der Waals surface area contributed by atoms with Crippen LogP contribution < -0.4 is 0 Å². The average molecular weight is 227 g/mol. The van der Waals surface area contributed by atoms with E-state index in [0.717, 1.165) is 13.0 Å². The van der Waals surface area contributed by atoms with Crippen molar-refractivity contribution in [3.63, 3.8) is 0 Å². The van der Waals surface area contributed by atoms with Crippen LogP contribution in [0.5, 0.6) is 0 Å². The van der Waals surface area contributed by atoms with Gasteiger partial charge in [0.15, 0.2) is 0 Å². The number of hydrogen-bond donors (Lipinski definition) is 0. The first-order valence-corrected chi connectivity index (χ1v) is 6.21. The van der Waals surface area contributed by atoms with E-state index in [0.29, 0.717) is 6.04 Å². The highest BCUT2D eigenvalue weighted by molar-refractivity contribution is 5.85. The lowest BCUT2D eigenvalue weighted by molar-refractivity contribution is 0.740. The maximum atomic E-state index is 4.25. The molecule has 3 rings (SSSR count). The molecule has 0 N–H and O–H groups in total. The molecule has 1 atom stereocenters. The Balaban J connectivity index is 2.18. The number of aliphatic imine (C=N–C) groups is 1. The van der Waals surface area contributed by atoms with Gasteiger partial charge >= 0.3 is 0 Å². The van der Waals surface area contributed by atoms with E-state index in [1.807, 2.05) is 12.4 Å². The number of rotatable bonds is 3. The van der Waals surface area contributed by atoms with E-state index in [-0.39, 0.29) is 0 Å². The van der Waals surface area contributed by atoms with Gasteiger partial charge in [-0.15, -0.1) is 0 Å². The molecular formula is C14H17N3. The summed E-state index contributed by atoms with van der Waals surface area (Å²) in [6.45, 7) is 6.90. The van der Waals surface area contributed by atoms with Crippen LogP contribution in [0, 0.1) is 0 Å². The Hall–Kier alpha value is -1.64. The van der Waals surface area contributed by atoms with E-state index in [2.05, 4.69) is 34.3 Å². The molecule has 2 aromatic heterocycles. The van der Waals surface area contributed by atoms with Gasteiger partial charge in [0.05, 0.1) is 17.8 Å². The molecule has 0 fully saturated rings. The second kappa shape index (κ2) is 3.99. The smallest absolute Gasteiger partial charge is 0.0671 e. The van der Waals surface area contributed by atoms with Crippen LogP contribution in [0.4, 0.5) is 0 Å². The molecule has 2 aromatic rings. The van der Waals surface area contributed by atoms with Gasteiger partial charge in [-0.1, -0.05) is 0 Å². The third-order valence-electron chi connectivity index (χ3n) is 3.70. The Morgan fingerprint density at radius 3 is 3.29 bits per heavy atom. The molecule has 0 saturated heterocycles. The standard InChI is InChI=1S/C14H17N3/c1-10(15-2)8-12-11-5-6-16-9-14(11)17-7-3-4-13(12)17/h5-6,9-10H,2-4,7-8H2,1H3/t10-/m0/s1. The van der Waals surface area contributed by atoms with E-state index in [1.54, 1.807) is 0 Å². The van der Waals surface area contributed by atoms with Gasteiger partial charge in [-0.3, -0.25) is 9.98 Å². The predicted octanol–water partition coefficient (Wildman–Crippen LogP) is 2.61. The van der Waals surface area contributed by atoms with Gasteiger partial charge in [0.25, 0.3) is 0 Å². The van der Waals surface area contributed by atoms with Gasteiger partial charge in [0.2, 0.25) is 0 Å². The van der Waals surface area contributed by atoms with Crippen molar-refractivity contribution in [1.29, 1.82) is 0 Å². The molecule has 3 heterocycles. The summed E-state index contributed by atoms with van der Waals surface area (Å²) in [5.74, 6) is 0. The lowest BCUT2D eigenvalue weighted by atomic mass is 10.0. The number of nitrogens with zero attached hydrogens (tertiary/aromatic N) is 3. The summed E-state index contributed by atoms with van der Waals surface area (Å²) < 4.78 is 2.42. The molecule has 88 valence electrons. The highest BCUT2D eigenvalue weighted by Gasteiger charge is 2.21. The third kappa shape index (κ3) is 1.57. The molecule has 1 aliphatic heterocycles. The molecule has 3 nitrogen and oxygen atoms in total. The largest absolute Gasteiger partial charge is 0.343 e. The first-order chi connectivity index (χ1) is 8.31. The van der Waals surface area contributed by atoms with Gasteiger partial charge in [-0.05, 0) is 44.5 Å². The number of hydrogen-bond acceptors (Lipinski definition) is 2. The highest BCUT2D eigenvalue weighted by atomic mass is 15.0. The number of pyridine rings is 1. The van der Waals surface area contributed by atoms with Crippen LogP contribution in [0.3, 0.4) is 0 Å². The fourth-order valence-electron chi connectivity index (χ4n) is 2.85. The number of aryl methyl sites for hydroxylation is 1. The molecular weight excluding hydrogens is 210 g/mol. The Kier molecular flexibility index (Phi) is 2.46. The zero-order valence-electron chi connectivity index (χ0n) is 10.2. The van der Waals surface area contributed by atoms with Crippen molar-refractivity contribution in [3.8, 4) is 0 Å². The van der Waals surface area contributed by atoms with Gasteiger partial charge in [0.1, 0.15) is 0 Å². The average Bonchev–Trinajstić information content (AvgIpc) is 2.93. The zero-order chi connectivity index (χ0) is 11.8. The van der Waals surface area contributed by atoms with Gasteiger partial charge < -0.3 is 4.57 Å². The van der Waals surface area contributed by atoms with Crippen molar-refractivity contribution in [2.24, 2.45) is 4.99 Å². The normalized spacial score (nSPS) is 16.1. The molecule has 0 radical (unpaired) electrons. The second-order valence-electron chi connectivity index (χ2n) is 4.81. The Morgan fingerprint density at radius 1 is 1.59 bits per heavy atom. The third-order valence-corrected chi connectivity index (χ3v) is 3.70. The van der Waals surface area contributed by atoms with Crippen molar-refractivity contribution in [2.45, 2.75) is 38.8 Å². The molecule has 0 spiro atoms. The van der Waals surface area contributed by atoms with Crippen LogP contribution in [0.25, 0.3) is 10.9 Å². The van der Waals surface area contributed by atoms with Gasteiger partial charge in [-0.2, -0.15) is 0 Å². The summed E-state index contributed by atoms with van der Waals surface area (Å²) in [6, 6.07) is 2.42. The van der Waals surface area contributed by atoms with Crippen LogP contribution in [-0.4, -0.2) is 22.3 Å². The summed E-state index contributed by atoms with van der Waals surface area (Å²) in [4.78, 5) is 8.37. The van der Waals surface area contributed by atoms with E-state index in [1.165, 1.54) is 35.0 Å². The van der Waals surface area contributed by atoms with E-state index >= 15 is 0 Å². The van der Waals surface area contributed by atoms with Crippen LogP contribution in [-0.2, 0) is 19.4 Å². The minimum atomic E-state index is 0.291. The van der Waals surface area contributed by atoms with Crippen molar-refractivity contribution >= 4 is 17.6 Å². The molecule has 0 amide bonds. The fourth-order valence-corrected chi connectivity index (χ4v) is 2.85. The van der Waals surface area contributed by atoms with Gasteiger partial charge in [0, 0.05) is 23.8 Å². The van der Waals surface area contributed by atoms with E-state index < -0.39 is 0 Å². The monoisotopic (exact) mass is 227 g/mol. The summed E-state index contributed by atoms with van der Waals surface area (Å²) in [5, 5.41) is 1.35. The summed E-state index contributed by atoms with van der Waals surface area (Å²) >= 11 is 0. The molecule has 0 saturated carbocycles. The van der Waals surface area contributed by atoms with Crippen molar-refractivity contribution in [1.82, 2.24) is 9.55 Å². The topological polar surface area (TPSA) is 30.2 Å². The fraction of sp³-hybridized carbons (Fsp3) is 0.429. The molecule has 0 aromatic carbocycles. The van der Waals surface area contributed by atoms with Crippen LogP contribution >= 0.6 is 0 Å². The van der Waals surface area contributed by atoms with Gasteiger partial charge in [-0.25, -0.2) is 0 Å². The zero-order valence-corrected chi connectivity index (χ0v) is 10.2. The Labute approximate surface area is 101 Å². The molecule has 0 bridgehead atoms. The first-order valence-electron chi connectivity index (χ1n) is 6.21. The maximum Gasteiger partial charge on any atom is 0.0671 e. The minimum absolute atomic E-state index is 0.291. The molecule has 17 heavy (non-hydrogen) atoms. The Bertz CT molecular complexity index is 568. The first kappa shape index (κ1) is 10.5. The van der Waals surface area contributed by atoms with E-state index in [9.17, 15) is 0 Å². The SMILES string of the molecule is C=N[C@@H](C)Cc1c2n(c3cnccc13)CCC2. The molecule has 0 aliphatic carbocycles. The van der Waals surface area contributed by atoms with Crippen LogP contribution in [0.15, 0.2) is 23.5 Å². The number of aromatic nitrogens is 2. The van der Waals surface area contributed by atoms with E-state index in [4.69, 9.17) is 0 Å². The van der Waals surface area contributed by atoms with Crippen molar-refractivity contribution in [2.75, 3.05) is 0 Å². The minimum Gasteiger partial charge on any atom is -0.343 e. The van der Waals surface area contributed by atoms with Crippen LogP contribution in [0.2, 0.25) is 0 Å². The summed E-state index contributed by atoms with van der Waals surface area (Å²) in [7, 11) is 0. The van der Waals surface area contributed by atoms with Crippen molar-refractivity contribution < 1.29 is 0 Å². The molecule has 0 unspecified atom stereocenters. The highest BCUT2D eigenvalue weighted by Crippen LogP contribution is 2.31. The van der Waals surface area contributed by atoms with Crippen LogP contribution in [0.1, 0.15) is 24.6 Å². The lowest BCUT2D eigenvalue weighted by Crippen LogP contribution is -2.04. The molecule has 3 heteroatoms. The molecule has 1 aliphatic rings. The number of fused-ring (bicyclic) bond motifs is 3. The predicted molar refractivity (Wildman–Crippen MR) is 70.8 cm³/mol. The Morgan fingerprint density at radius 2 is 2.47 bits per heavy atom. The maximum absolute atomic E-state index is 4.25. The quantitative estimate of drug-likeness (QED) is 0.741. The van der Waals surface area contributed by atoms with Crippen molar-refractivity contribution in [3.05, 3.63) is 29.7 Å². The second-order valence-corrected chi connectivity index (χ2v) is 4.81. The summed E-state index contributed by atoms with van der Waals surface area (Å²) in [5.41, 5.74) is 4.23.